The lowest BCUT2D eigenvalue weighted by atomic mass is 9.94. The number of carboxylic acid groups (broad SMARTS) is 1. The molecule has 0 aromatic heterocycles. The maximum Gasteiger partial charge on any atom is 0.300 e. The molecule has 0 fully saturated rings. The van der Waals surface area contributed by atoms with Gasteiger partial charge in [0.05, 0.1) is 13.2 Å². The van der Waals surface area contributed by atoms with Gasteiger partial charge in [-0.15, -0.1) is 0 Å². The van der Waals surface area contributed by atoms with Crippen LogP contribution in [0.5, 0.6) is 5.75 Å². The van der Waals surface area contributed by atoms with Gasteiger partial charge in [0.15, 0.2) is 0 Å². The third-order valence-corrected chi connectivity index (χ3v) is 3.04. The fourth-order valence-electron chi connectivity index (χ4n) is 1.93. The Kier molecular flexibility index (Phi) is 4.12. The van der Waals surface area contributed by atoms with E-state index in [1.165, 1.54) is 16.7 Å². The van der Waals surface area contributed by atoms with Crippen LogP contribution in [0.3, 0.4) is 0 Å². The minimum absolute atomic E-state index is 0.432. The number of carbonyl (C=O) groups is 1. The van der Waals surface area contributed by atoms with Crippen molar-refractivity contribution in [3.8, 4) is 5.75 Å². The van der Waals surface area contributed by atoms with E-state index in [1.807, 2.05) is 20.8 Å². The maximum atomic E-state index is 9.80. The van der Waals surface area contributed by atoms with Gasteiger partial charge in [-0.05, 0) is 48.6 Å². The summed E-state index contributed by atoms with van der Waals surface area (Å²) in [6, 6.07) is 0. The highest BCUT2D eigenvalue weighted by molar-refractivity contribution is 5.63. The summed E-state index contributed by atoms with van der Waals surface area (Å²) in [5, 5.41) is 17.2. The summed E-state index contributed by atoms with van der Waals surface area (Å²) in [6.07, 6.45) is 0. The monoisotopic (exact) mass is 238 g/mol. The predicted octanol–water partition coefficient (Wildman–Crippen LogP) is 2.44. The number of phenols is 1. The highest BCUT2D eigenvalue weighted by Gasteiger charge is 2.20. The lowest BCUT2D eigenvalue weighted by Gasteiger charge is -2.12. The molecule has 1 heterocycles. The number of benzene rings is 1. The van der Waals surface area contributed by atoms with Gasteiger partial charge in [-0.2, -0.15) is 0 Å². The second-order valence-electron chi connectivity index (χ2n) is 4.19. The van der Waals surface area contributed by atoms with E-state index >= 15 is 0 Å². The Morgan fingerprint density at radius 1 is 1.06 bits per heavy atom. The lowest BCUT2D eigenvalue weighted by molar-refractivity contribution is -0.134. The zero-order valence-corrected chi connectivity index (χ0v) is 10.6. The molecule has 2 N–H and O–H groups in total. The quantitative estimate of drug-likeness (QED) is 0.728. The standard InChI is InChI=1S/C11H14O2.C2H4O2/c1-6-7(2)11(12)8(3)10-5-13-4-9(6)10;1-2(3)4/h12H,4-5H2,1-3H3;1H3,(H,3,4). The van der Waals surface area contributed by atoms with E-state index in [-0.39, 0.29) is 0 Å². The molecule has 4 heteroatoms. The molecular weight excluding hydrogens is 220 g/mol. The summed E-state index contributed by atoms with van der Waals surface area (Å²) >= 11 is 0. The Morgan fingerprint density at radius 2 is 1.47 bits per heavy atom. The average molecular weight is 238 g/mol. The number of carboxylic acids is 1. The van der Waals surface area contributed by atoms with Crippen LogP contribution in [0.15, 0.2) is 0 Å². The summed E-state index contributed by atoms with van der Waals surface area (Å²) in [6.45, 7) is 8.38. The highest BCUT2D eigenvalue weighted by atomic mass is 16.5. The van der Waals surface area contributed by atoms with E-state index in [1.54, 1.807) is 0 Å². The summed E-state index contributed by atoms with van der Waals surface area (Å²) in [5.74, 6) is -0.401. The van der Waals surface area contributed by atoms with Gasteiger partial charge in [-0.3, -0.25) is 4.79 Å². The number of aliphatic carboxylic acids is 1. The number of hydrogen-bond donors (Lipinski definition) is 2. The molecule has 17 heavy (non-hydrogen) atoms. The highest BCUT2D eigenvalue weighted by Crippen LogP contribution is 2.35. The summed E-state index contributed by atoms with van der Waals surface area (Å²) in [5.41, 5.74) is 5.60. The first-order valence-corrected chi connectivity index (χ1v) is 5.44. The Hall–Kier alpha value is -1.55. The van der Waals surface area contributed by atoms with Gasteiger partial charge in [0.25, 0.3) is 5.97 Å². The molecule has 2 rings (SSSR count). The van der Waals surface area contributed by atoms with Crippen molar-refractivity contribution >= 4 is 5.97 Å². The van der Waals surface area contributed by atoms with E-state index in [9.17, 15) is 5.11 Å². The molecular formula is C13H18O4. The molecule has 0 unspecified atom stereocenters. The zero-order valence-electron chi connectivity index (χ0n) is 10.6. The van der Waals surface area contributed by atoms with Crippen LogP contribution in [-0.2, 0) is 22.7 Å². The number of phenolic OH excluding ortho intramolecular Hbond substituents is 1. The Bertz CT molecular complexity index is 410. The fourth-order valence-corrected chi connectivity index (χ4v) is 1.93. The average Bonchev–Trinajstić information content (AvgIpc) is 2.71. The Morgan fingerprint density at radius 3 is 1.94 bits per heavy atom. The van der Waals surface area contributed by atoms with Crippen LogP contribution in [0.1, 0.15) is 34.7 Å². The molecule has 1 aliphatic rings. The van der Waals surface area contributed by atoms with Crippen molar-refractivity contribution in [2.75, 3.05) is 0 Å². The Balaban J connectivity index is 0.000000317. The molecule has 1 aromatic carbocycles. The molecule has 1 aromatic rings. The third-order valence-electron chi connectivity index (χ3n) is 3.04. The molecule has 1 aliphatic heterocycles. The number of ether oxygens (including phenoxy) is 1. The second kappa shape index (κ2) is 5.19. The lowest BCUT2D eigenvalue weighted by Crippen LogP contribution is -1.96. The van der Waals surface area contributed by atoms with Crippen LogP contribution in [0.4, 0.5) is 0 Å². The minimum Gasteiger partial charge on any atom is -0.507 e. The summed E-state index contributed by atoms with van der Waals surface area (Å²) in [4.78, 5) is 9.00. The molecule has 0 bridgehead atoms. The van der Waals surface area contributed by atoms with Crippen LogP contribution < -0.4 is 0 Å². The topological polar surface area (TPSA) is 66.8 Å². The summed E-state index contributed by atoms with van der Waals surface area (Å²) in [7, 11) is 0. The van der Waals surface area contributed by atoms with Crippen LogP contribution in [0, 0.1) is 20.8 Å². The van der Waals surface area contributed by atoms with Gasteiger partial charge in [-0.1, -0.05) is 0 Å². The van der Waals surface area contributed by atoms with Crippen molar-refractivity contribution in [3.63, 3.8) is 0 Å². The molecule has 4 nitrogen and oxygen atoms in total. The first-order chi connectivity index (χ1) is 7.86. The molecule has 0 saturated heterocycles. The van der Waals surface area contributed by atoms with Crippen molar-refractivity contribution in [1.82, 2.24) is 0 Å². The van der Waals surface area contributed by atoms with Crippen molar-refractivity contribution in [2.45, 2.75) is 40.9 Å². The van der Waals surface area contributed by atoms with Crippen LogP contribution in [-0.4, -0.2) is 16.2 Å². The molecule has 94 valence electrons. The van der Waals surface area contributed by atoms with Gasteiger partial charge < -0.3 is 14.9 Å². The van der Waals surface area contributed by atoms with Gasteiger partial charge in [0.1, 0.15) is 5.75 Å². The van der Waals surface area contributed by atoms with Crippen molar-refractivity contribution in [2.24, 2.45) is 0 Å². The second-order valence-corrected chi connectivity index (χ2v) is 4.19. The predicted molar refractivity (Wildman–Crippen MR) is 64.1 cm³/mol. The molecule has 0 aliphatic carbocycles. The molecule has 0 saturated carbocycles. The minimum atomic E-state index is -0.833. The molecule has 0 radical (unpaired) electrons. The van der Waals surface area contributed by atoms with Gasteiger partial charge in [0, 0.05) is 6.92 Å². The number of rotatable bonds is 0. The first-order valence-electron chi connectivity index (χ1n) is 5.44. The largest absolute Gasteiger partial charge is 0.507 e. The molecule has 0 amide bonds. The SMILES string of the molecule is CC(=O)O.Cc1c(C)c2c(c(C)c1O)COC2. The van der Waals surface area contributed by atoms with E-state index in [2.05, 4.69) is 0 Å². The molecule has 0 spiro atoms. The van der Waals surface area contributed by atoms with E-state index in [0.717, 1.165) is 18.1 Å². The third kappa shape index (κ3) is 2.77. The molecule has 0 atom stereocenters. The van der Waals surface area contributed by atoms with Crippen LogP contribution in [0.25, 0.3) is 0 Å². The summed E-state index contributed by atoms with van der Waals surface area (Å²) < 4.78 is 5.38. The smallest absolute Gasteiger partial charge is 0.300 e. The zero-order chi connectivity index (χ0) is 13.2. The van der Waals surface area contributed by atoms with E-state index in [0.29, 0.717) is 19.0 Å². The van der Waals surface area contributed by atoms with E-state index in [4.69, 9.17) is 14.6 Å². The van der Waals surface area contributed by atoms with Gasteiger partial charge in [-0.25, -0.2) is 0 Å². The van der Waals surface area contributed by atoms with Crippen molar-refractivity contribution in [3.05, 3.63) is 27.8 Å². The fraction of sp³-hybridized carbons (Fsp3) is 0.462. The van der Waals surface area contributed by atoms with Crippen LogP contribution in [0.2, 0.25) is 0 Å². The van der Waals surface area contributed by atoms with Crippen LogP contribution >= 0.6 is 0 Å². The van der Waals surface area contributed by atoms with E-state index < -0.39 is 5.97 Å². The van der Waals surface area contributed by atoms with Crippen molar-refractivity contribution < 1.29 is 19.7 Å². The van der Waals surface area contributed by atoms with Gasteiger partial charge >= 0.3 is 0 Å². The Labute approximate surface area is 101 Å². The normalized spacial score (nSPS) is 12.7. The number of aromatic hydroxyl groups is 1. The van der Waals surface area contributed by atoms with Gasteiger partial charge in [0.2, 0.25) is 0 Å². The van der Waals surface area contributed by atoms with Crippen molar-refractivity contribution in [1.29, 1.82) is 0 Å². The maximum absolute atomic E-state index is 9.80. The number of fused-ring (bicyclic) bond motifs is 1. The first kappa shape index (κ1) is 13.5. The number of hydrogen-bond acceptors (Lipinski definition) is 3.